The van der Waals surface area contributed by atoms with Crippen LogP contribution in [0.15, 0.2) is 35.1 Å². The van der Waals surface area contributed by atoms with Crippen molar-refractivity contribution in [2.24, 2.45) is 0 Å². The van der Waals surface area contributed by atoms with E-state index in [1.807, 2.05) is 6.92 Å². The van der Waals surface area contributed by atoms with Crippen molar-refractivity contribution >= 4 is 28.8 Å². The molecule has 1 aromatic carbocycles. The molecule has 3 aromatic heterocycles. The molecule has 4 aromatic rings. The number of aromatic nitrogens is 4. The van der Waals surface area contributed by atoms with Gasteiger partial charge in [-0.25, -0.2) is 4.98 Å². The van der Waals surface area contributed by atoms with E-state index >= 15 is 0 Å². The molecular formula is C21H17Cl2F3N4O4. The molecule has 180 valence electrons. The van der Waals surface area contributed by atoms with Gasteiger partial charge in [0, 0.05) is 18.0 Å². The summed E-state index contributed by atoms with van der Waals surface area (Å²) in [6, 6.07) is 4.04. The molecule has 0 aliphatic heterocycles. The van der Waals surface area contributed by atoms with Gasteiger partial charge in [0.2, 0.25) is 5.82 Å². The molecule has 0 aliphatic carbocycles. The lowest BCUT2D eigenvalue weighted by molar-refractivity contribution is -0.137. The van der Waals surface area contributed by atoms with Gasteiger partial charge in [-0.3, -0.25) is 0 Å². The van der Waals surface area contributed by atoms with Crippen LogP contribution in [0.25, 0.3) is 28.6 Å². The summed E-state index contributed by atoms with van der Waals surface area (Å²) in [6.45, 7) is 1.30. The lowest BCUT2D eigenvalue weighted by Crippen LogP contribution is -2.21. The highest BCUT2D eigenvalue weighted by atomic mass is 35.5. The summed E-state index contributed by atoms with van der Waals surface area (Å²) >= 11 is 12.3. The second-order valence-electron chi connectivity index (χ2n) is 7.30. The molecule has 0 fully saturated rings. The summed E-state index contributed by atoms with van der Waals surface area (Å²) in [7, 11) is 0. The van der Waals surface area contributed by atoms with Crippen LogP contribution in [0, 0.1) is 0 Å². The van der Waals surface area contributed by atoms with Gasteiger partial charge in [-0.05, 0) is 30.2 Å². The molecule has 0 amide bonds. The number of halogens is 5. The molecule has 3 heterocycles. The van der Waals surface area contributed by atoms with Gasteiger partial charge in [0.05, 0.1) is 22.2 Å². The minimum atomic E-state index is -4.57. The summed E-state index contributed by atoms with van der Waals surface area (Å²) in [5, 5.41) is 22.4. The third-order valence-electron chi connectivity index (χ3n) is 4.90. The number of ether oxygens (including phenoxy) is 1. The summed E-state index contributed by atoms with van der Waals surface area (Å²) in [5.74, 6) is 0.483. The van der Waals surface area contributed by atoms with E-state index in [-0.39, 0.29) is 39.7 Å². The van der Waals surface area contributed by atoms with E-state index < -0.39 is 24.5 Å². The van der Waals surface area contributed by atoms with Crippen LogP contribution in [0.1, 0.15) is 18.1 Å². The Hall–Kier alpha value is -2.86. The molecular weight excluding hydrogens is 500 g/mol. The molecule has 0 spiro atoms. The number of benzene rings is 1. The smallest absolute Gasteiger partial charge is 0.417 e. The number of rotatable bonds is 7. The van der Waals surface area contributed by atoms with Crippen LogP contribution in [-0.4, -0.2) is 49.1 Å². The minimum absolute atomic E-state index is 0.0205. The van der Waals surface area contributed by atoms with Gasteiger partial charge in [-0.15, -0.1) is 0 Å². The van der Waals surface area contributed by atoms with Gasteiger partial charge in [0.15, 0.2) is 5.65 Å². The zero-order chi connectivity index (χ0) is 24.6. The predicted molar refractivity (Wildman–Crippen MR) is 117 cm³/mol. The lowest BCUT2D eigenvalue weighted by atomic mass is 10.0. The van der Waals surface area contributed by atoms with Gasteiger partial charge < -0.3 is 23.9 Å². The van der Waals surface area contributed by atoms with Crippen LogP contribution in [0.5, 0.6) is 5.75 Å². The van der Waals surface area contributed by atoms with Gasteiger partial charge in [0.25, 0.3) is 5.89 Å². The van der Waals surface area contributed by atoms with Crippen molar-refractivity contribution in [2.75, 3.05) is 13.2 Å². The van der Waals surface area contributed by atoms with Gasteiger partial charge in [0.1, 0.15) is 24.2 Å². The second kappa shape index (κ2) is 9.41. The zero-order valence-electron chi connectivity index (χ0n) is 17.5. The number of pyridine rings is 1. The summed E-state index contributed by atoms with van der Waals surface area (Å²) in [6.07, 6.45) is -2.88. The quantitative estimate of drug-likeness (QED) is 0.367. The molecule has 13 heteroatoms. The number of fused-ring (bicyclic) bond motifs is 1. The Morgan fingerprint density at radius 2 is 1.91 bits per heavy atom. The standard InChI is InChI=1S/C21H17Cl2F3N4O4/c1-2-10-3-17(33-9-12(32)8-31)14(22)5-13(10)18-28-20(34-29-18)16-7-30-6-11(21(24,25)26)4-15(23)19(30)27-16/h3-7,12,31-32H,2,8-9H2,1H3. The average Bonchev–Trinajstić information content (AvgIpc) is 3.44. The highest BCUT2D eigenvalue weighted by molar-refractivity contribution is 6.33. The molecule has 0 radical (unpaired) electrons. The Morgan fingerprint density at radius 1 is 1.15 bits per heavy atom. The fraction of sp³-hybridized carbons (Fsp3) is 0.286. The van der Waals surface area contributed by atoms with Crippen molar-refractivity contribution in [3.63, 3.8) is 0 Å². The monoisotopic (exact) mass is 516 g/mol. The fourth-order valence-electron chi connectivity index (χ4n) is 3.20. The Bertz CT molecular complexity index is 1340. The van der Waals surface area contributed by atoms with Gasteiger partial charge in [-0.2, -0.15) is 18.2 Å². The maximum atomic E-state index is 13.1. The van der Waals surface area contributed by atoms with Crippen molar-refractivity contribution in [2.45, 2.75) is 25.6 Å². The molecule has 34 heavy (non-hydrogen) atoms. The number of alkyl halides is 3. The number of aryl methyl sites for hydroxylation is 1. The van der Waals surface area contributed by atoms with E-state index in [0.717, 1.165) is 22.2 Å². The van der Waals surface area contributed by atoms with Crippen LogP contribution < -0.4 is 4.74 Å². The van der Waals surface area contributed by atoms with Gasteiger partial charge >= 0.3 is 6.18 Å². The second-order valence-corrected chi connectivity index (χ2v) is 8.11. The lowest BCUT2D eigenvalue weighted by Gasteiger charge is -2.14. The normalized spacial score (nSPS) is 12.9. The summed E-state index contributed by atoms with van der Waals surface area (Å²) in [4.78, 5) is 8.54. The number of aliphatic hydroxyl groups excluding tert-OH is 2. The van der Waals surface area contributed by atoms with E-state index in [1.165, 1.54) is 6.20 Å². The molecule has 0 bridgehead atoms. The van der Waals surface area contributed by atoms with E-state index in [2.05, 4.69) is 15.1 Å². The van der Waals surface area contributed by atoms with E-state index in [0.29, 0.717) is 17.7 Å². The third-order valence-corrected chi connectivity index (χ3v) is 5.47. The molecule has 1 atom stereocenters. The van der Waals surface area contributed by atoms with E-state index in [9.17, 15) is 18.3 Å². The highest BCUT2D eigenvalue weighted by Crippen LogP contribution is 2.35. The van der Waals surface area contributed by atoms with Crippen molar-refractivity contribution in [3.8, 4) is 28.7 Å². The maximum absolute atomic E-state index is 13.1. The summed E-state index contributed by atoms with van der Waals surface area (Å²) < 4.78 is 51.1. The van der Waals surface area contributed by atoms with Crippen molar-refractivity contribution in [1.29, 1.82) is 0 Å². The van der Waals surface area contributed by atoms with Crippen LogP contribution in [0.4, 0.5) is 13.2 Å². The zero-order valence-corrected chi connectivity index (χ0v) is 19.0. The predicted octanol–water partition coefficient (Wildman–Crippen LogP) is 4.67. The molecule has 0 aliphatic rings. The Morgan fingerprint density at radius 3 is 2.59 bits per heavy atom. The van der Waals surface area contributed by atoms with E-state index in [4.69, 9.17) is 37.6 Å². The first kappa shape index (κ1) is 24.3. The first-order valence-electron chi connectivity index (χ1n) is 9.94. The number of imidazole rings is 1. The largest absolute Gasteiger partial charge is 0.489 e. The molecule has 0 saturated heterocycles. The maximum Gasteiger partial charge on any atom is 0.417 e. The molecule has 2 N–H and O–H groups in total. The molecule has 0 saturated carbocycles. The Balaban J connectivity index is 1.68. The fourth-order valence-corrected chi connectivity index (χ4v) is 3.67. The van der Waals surface area contributed by atoms with Crippen LogP contribution in [-0.2, 0) is 12.6 Å². The van der Waals surface area contributed by atoms with Crippen LogP contribution in [0.2, 0.25) is 10.0 Å². The number of hydrogen-bond donors (Lipinski definition) is 2. The minimum Gasteiger partial charge on any atom is -0.489 e. The number of aliphatic hydroxyl groups is 2. The number of hydrogen-bond acceptors (Lipinski definition) is 7. The van der Waals surface area contributed by atoms with Crippen LogP contribution >= 0.6 is 23.2 Å². The van der Waals surface area contributed by atoms with Crippen molar-refractivity contribution < 1.29 is 32.6 Å². The van der Waals surface area contributed by atoms with Crippen molar-refractivity contribution in [3.05, 3.63) is 51.8 Å². The Kier molecular flexibility index (Phi) is 6.72. The Labute approximate surface area is 200 Å². The van der Waals surface area contributed by atoms with Gasteiger partial charge in [-0.1, -0.05) is 35.3 Å². The van der Waals surface area contributed by atoms with Crippen LogP contribution in [0.3, 0.4) is 0 Å². The van der Waals surface area contributed by atoms with Crippen molar-refractivity contribution in [1.82, 2.24) is 19.5 Å². The topological polar surface area (TPSA) is 106 Å². The molecule has 8 nitrogen and oxygen atoms in total. The molecule has 1 unspecified atom stereocenters. The first-order valence-corrected chi connectivity index (χ1v) is 10.7. The van der Waals surface area contributed by atoms with E-state index in [1.54, 1.807) is 12.1 Å². The highest BCUT2D eigenvalue weighted by Gasteiger charge is 2.32. The first-order chi connectivity index (χ1) is 16.1. The SMILES string of the molecule is CCc1cc(OCC(O)CO)c(Cl)cc1-c1noc(-c2cn3cc(C(F)(F)F)cc(Cl)c3n2)n1. The molecule has 4 rings (SSSR count). The number of nitrogens with zero attached hydrogens (tertiary/aromatic N) is 4. The summed E-state index contributed by atoms with van der Waals surface area (Å²) in [5.41, 5.74) is 0.642. The average molecular weight is 517 g/mol. The third kappa shape index (κ3) is 4.83.